The molecule has 0 aliphatic heterocycles. The number of hydrogen-bond acceptors (Lipinski definition) is 2. The van der Waals surface area contributed by atoms with Crippen LogP contribution >= 0.6 is 23.2 Å². The maximum absolute atomic E-state index is 6.32. The van der Waals surface area contributed by atoms with Crippen LogP contribution in [0.2, 0.25) is 10.0 Å². The smallest absolute Gasteiger partial charge is 0.0580 e. The fourth-order valence-corrected chi connectivity index (χ4v) is 2.68. The average molecular weight is 347 g/mol. The fraction of sp³-hybridized carbons (Fsp3) is 0.158. The van der Waals surface area contributed by atoms with Crippen LogP contribution < -0.4 is 10.2 Å². The largest absolute Gasteiger partial charge is 0.364 e. The SMILES string of the molecule is C=CN/C(=C\C)CN(Cc1ccccc1Cl)c1cccc(Cl)c1. The Labute approximate surface area is 148 Å². The Morgan fingerprint density at radius 2 is 1.96 bits per heavy atom. The van der Waals surface area contributed by atoms with Crippen LogP contribution in [0.15, 0.2) is 73.1 Å². The predicted molar refractivity (Wildman–Crippen MR) is 101 cm³/mol. The van der Waals surface area contributed by atoms with Crippen molar-refractivity contribution in [2.45, 2.75) is 13.5 Å². The molecule has 0 aromatic heterocycles. The number of rotatable bonds is 7. The van der Waals surface area contributed by atoms with Gasteiger partial charge in [-0.1, -0.05) is 60.1 Å². The topological polar surface area (TPSA) is 15.3 Å². The van der Waals surface area contributed by atoms with Crippen molar-refractivity contribution in [3.8, 4) is 0 Å². The van der Waals surface area contributed by atoms with Gasteiger partial charge < -0.3 is 10.2 Å². The molecule has 23 heavy (non-hydrogen) atoms. The van der Waals surface area contributed by atoms with Gasteiger partial charge in [0.1, 0.15) is 0 Å². The molecule has 0 saturated heterocycles. The lowest BCUT2D eigenvalue weighted by atomic mass is 10.2. The summed E-state index contributed by atoms with van der Waals surface area (Å²) in [5.41, 5.74) is 3.18. The van der Waals surface area contributed by atoms with E-state index in [9.17, 15) is 0 Å². The van der Waals surface area contributed by atoms with Gasteiger partial charge in [0.05, 0.1) is 6.54 Å². The first kappa shape index (κ1) is 17.5. The minimum atomic E-state index is 0.691. The van der Waals surface area contributed by atoms with E-state index in [4.69, 9.17) is 23.2 Å². The predicted octanol–water partition coefficient (Wildman–Crippen LogP) is 5.64. The molecule has 1 N–H and O–H groups in total. The van der Waals surface area contributed by atoms with Gasteiger partial charge in [0.2, 0.25) is 0 Å². The maximum Gasteiger partial charge on any atom is 0.0580 e. The summed E-state index contributed by atoms with van der Waals surface area (Å²) in [6.07, 6.45) is 3.72. The highest BCUT2D eigenvalue weighted by molar-refractivity contribution is 6.31. The van der Waals surface area contributed by atoms with E-state index in [0.717, 1.165) is 22.0 Å². The summed E-state index contributed by atoms with van der Waals surface area (Å²) in [7, 11) is 0. The molecule has 0 fully saturated rings. The lowest BCUT2D eigenvalue weighted by Crippen LogP contribution is -2.28. The number of hydrogen-bond donors (Lipinski definition) is 1. The lowest BCUT2D eigenvalue weighted by Gasteiger charge is -2.27. The molecule has 2 nitrogen and oxygen atoms in total. The van der Waals surface area contributed by atoms with E-state index in [1.54, 1.807) is 6.20 Å². The second-order valence-corrected chi connectivity index (χ2v) is 5.93. The molecule has 0 spiro atoms. The average Bonchev–Trinajstić information content (AvgIpc) is 2.55. The number of benzene rings is 2. The van der Waals surface area contributed by atoms with Crippen molar-refractivity contribution in [2.24, 2.45) is 0 Å². The molecule has 2 aromatic carbocycles. The number of anilines is 1. The quantitative estimate of drug-likeness (QED) is 0.698. The number of nitrogens with one attached hydrogen (secondary N) is 1. The molecule has 0 bridgehead atoms. The Balaban J connectivity index is 2.31. The van der Waals surface area contributed by atoms with Gasteiger partial charge in [0.25, 0.3) is 0 Å². The molecule has 0 aliphatic carbocycles. The molecular weight excluding hydrogens is 327 g/mol. The molecule has 0 radical (unpaired) electrons. The van der Waals surface area contributed by atoms with Crippen LogP contribution in [-0.4, -0.2) is 6.54 Å². The number of allylic oxidation sites excluding steroid dienone is 1. The second-order valence-electron chi connectivity index (χ2n) is 5.09. The number of nitrogens with zero attached hydrogens (tertiary/aromatic N) is 1. The Morgan fingerprint density at radius 3 is 2.61 bits per heavy atom. The van der Waals surface area contributed by atoms with Gasteiger partial charge >= 0.3 is 0 Å². The highest BCUT2D eigenvalue weighted by atomic mass is 35.5. The first-order valence-electron chi connectivity index (χ1n) is 7.40. The van der Waals surface area contributed by atoms with Gasteiger partial charge in [-0.15, -0.1) is 0 Å². The molecule has 0 unspecified atom stereocenters. The van der Waals surface area contributed by atoms with E-state index < -0.39 is 0 Å². The summed E-state index contributed by atoms with van der Waals surface area (Å²) in [4.78, 5) is 2.22. The monoisotopic (exact) mass is 346 g/mol. The summed E-state index contributed by atoms with van der Waals surface area (Å²) >= 11 is 12.5. The van der Waals surface area contributed by atoms with E-state index in [1.165, 1.54) is 0 Å². The van der Waals surface area contributed by atoms with Crippen LogP contribution in [0.5, 0.6) is 0 Å². The van der Waals surface area contributed by atoms with Gasteiger partial charge in [0.15, 0.2) is 0 Å². The lowest BCUT2D eigenvalue weighted by molar-refractivity contribution is 0.810. The summed E-state index contributed by atoms with van der Waals surface area (Å²) in [6, 6.07) is 15.7. The second kappa shape index (κ2) is 8.66. The number of halogens is 2. The van der Waals surface area contributed by atoms with Crippen molar-refractivity contribution in [3.63, 3.8) is 0 Å². The van der Waals surface area contributed by atoms with Gasteiger partial charge in [0, 0.05) is 28.0 Å². The van der Waals surface area contributed by atoms with Crippen molar-refractivity contribution in [2.75, 3.05) is 11.4 Å². The molecule has 0 heterocycles. The third-order valence-corrected chi connectivity index (χ3v) is 4.09. The minimum Gasteiger partial charge on any atom is -0.364 e. The highest BCUT2D eigenvalue weighted by Crippen LogP contribution is 2.24. The third-order valence-electron chi connectivity index (χ3n) is 3.49. The standard InChI is InChI=1S/C19H20Cl2N2/c1-3-17(22-4-2)14-23(18-10-7-9-16(20)12-18)13-15-8-5-6-11-19(15)21/h3-12,22H,2,13-14H2,1H3/b17-3-. The molecule has 2 rings (SSSR count). The van der Waals surface area contributed by atoms with Crippen LogP contribution in [0.25, 0.3) is 0 Å². The van der Waals surface area contributed by atoms with Crippen LogP contribution in [0, 0.1) is 0 Å². The van der Waals surface area contributed by atoms with Gasteiger partial charge in [-0.2, -0.15) is 0 Å². The van der Waals surface area contributed by atoms with E-state index in [0.29, 0.717) is 18.1 Å². The molecular formula is C19H20Cl2N2. The van der Waals surface area contributed by atoms with Crippen molar-refractivity contribution < 1.29 is 0 Å². The van der Waals surface area contributed by atoms with Crippen molar-refractivity contribution >= 4 is 28.9 Å². The minimum absolute atomic E-state index is 0.691. The van der Waals surface area contributed by atoms with Gasteiger partial charge in [-0.3, -0.25) is 0 Å². The molecule has 4 heteroatoms. The van der Waals surface area contributed by atoms with Crippen LogP contribution in [0.4, 0.5) is 5.69 Å². The molecule has 0 aliphatic rings. The zero-order valence-electron chi connectivity index (χ0n) is 13.1. The normalized spacial score (nSPS) is 11.2. The van der Waals surface area contributed by atoms with Crippen molar-refractivity contribution in [1.29, 1.82) is 0 Å². The first-order valence-corrected chi connectivity index (χ1v) is 8.16. The van der Waals surface area contributed by atoms with Crippen LogP contribution in [0.1, 0.15) is 12.5 Å². The van der Waals surface area contributed by atoms with E-state index >= 15 is 0 Å². The van der Waals surface area contributed by atoms with Crippen molar-refractivity contribution in [3.05, 3.63) is 88.7 Å². The summed E-state index contributed by atoms with van der Waals surface area (Å²) in [5.74, 6) is 0. The zero-order chi connectivity index (χ0) is 16.7. The fourth-order valence-electron chi connectivity index (χ4n) is 2.30. The van der Waals surface area contributed by atoms with E-state index in [1.807, 2.05) is 61.5 Å². The molecule has 2 aromatic rings. The zero-order valence-corrected chi connectivity index (χ0v) is 14.6. The molecule has 0 saturated carbocycles. The maximum atomic E-state index is 6.32. The van der Waals surface area contributed by atoms with Crippen LogP contribution in [-0.2, 0) is 6.54 Å². The summed E-state index contributed by atoms with van der Waals surface area (Å²) in [5, 5.41) is 4.64. The summed E-state index contributed by atoms with van der Waals surface area (Å²) in [6.45, 7) is 7.12. The van der Waals surface area contributed by atoms with Gasteiger partial charge in [-0.05, 0) is 43.0 Å². The Bertz CT molecular complexity index is 695. The molecule has 0 amide bonds. The Kier molecular flexibility index (Phi) is 6.57. The Hall–Kier alpha value is -1.90. The highest BCUT2D eigenvalue weighted by Gasteiger charge is 2.11. The van der Waals surface area contributed by atoms with Crippen molar-refractivity contribution in [1.82, 2.24) is 5.32 Å². The molecule has 120 valence electrons. The first-order chi connectivity index (χ1) is 11.1. The van der Waals surface area contributed by atoms with Gasteiger partial charge in [-0.25, -0.2) is 0 Å². The van der Waals surface area contributed by atoms with E-state index in [2.05, 4.69) is 16.8 Å². The van der Waals surface area contributed by atoms with Crippen LogP contribution in [0.3, 0.4) is 0 Å². The molecule has 0 atom stereocenters. The van der Waals surface area contributed by atoms with E-state index in [-0.39, 0.29) is 0 Å². The third kappa shape index (κ3) is 5.05. The Morgan fingerprint density at radius 1 is 1.17 bits per heavy atom. The summed E-state index contributed by atoms with van der Waals surface area (Å²) < 4.78 is 0.